The summed E-state index contributed by atoms with van der Waals surface area (Å²) in [5.74, 6) is 0.933. The number of thiocarbonyl (C=S) groups is 1. The monoisotopic (exact) mass is 421 g/mol. The quantitative estimate of drug-likeness (QED) is 0.611. The van der Waals surface area contributed by atoms with Crippen LogP contribution in [0.1, 0.15) is 40.3 Å². The average molecular weight is 422 g/mol. The highest BCUT2D eigenvalue weighted by Gasteiger charge is 2.41. The lowest BCUT2D eigenvalue weighted by Gasteiger charge is -2.28. The Morgan fingerprint density at radius 1 is 1.10 bits per heavy atom. The Kier molecular flexibility index (Phi) is 5.83. The minimum Gasteiger partial charge on any atom is -0.383 e. The lowest BCUT2D eigenvalue weighted by Crippen LogP contribution is -2.32. The Labute approximate surface area is 182 Å². The Hall–Kier alpha value is -2.77. The predicted molar refractivity (Wildman–Crippen MR) is 122 cm³/mol. The van der Waals surface area contributed by atoms with E-state index >= 15 is 0 Å². The molecule has 0 aromatic carbocycles. The minimum atomic E-state index is -0.0324. The van der Waals surface area contributed by atoms with Crippen molar-refractivity contribution in [1.82, 2.24) is 24.8 Å². The van der Waals surface area contributed by atoms with Crippen LogP contribution in [0.2, 0.25) is 0 Å². The maximum absolute atomic E-state index is 5.71. The molecule has 0 unspecified atom stereocenters. The molecule has 0 amide bonds. The lowest BCUT2D eigenvalue weighted by molar-refractivity contribution is 0.164. The van der Waals surface area contributed by atoms with Crippen molar-refractivity contribution in [2.45, 2.75) is 32.9 Å². The highest BCUT2D eigenvalue weighted by molar-refractivity contribution is 7.80. The van der Waals surface area contributed by atoms with Gasteiger partial charge in [0, 0.05) is 37.4 Å². The molecule has 2 atom stereocenters. The molecule has 6 nitrogen and oxygen atoms in total. The molecule has 0 saturated carbocycles. The number of hydrogen-bond acceptors (Lipinski definition) is 4. The molecule has 4 heterocycles. The van der Waals surface area contributed by atoms with Gasteiger partial charge in [-0.2, -0.15) is 0 Å². The Bertz CT molecular complexity index is 1050. The van der Waals surface area contributed by atoms with Gasteiger partial charge >= 0.3 is 0 Å². The van der Waals surface area contributed by atoms with Crippen LogP contribution in [-0.4, -0.2) is 44.8 Å². The van der Waals surface area contributed by atoms with Crippen LogP contribution in [0.4, 0.5) is 0 Å². The number of hydrogen-bond donors (Lipinski definition) is 1. The van der Waals surface area contributed by atoms with Crippen molar-refractivity contribution in [1.29, 1.82) is 0 Å². The van der Waals surface area contributed by atoms with Gasteiger partial charge < -0.3 is 19.5 Å². The van der Waals surface area contributed by atoms with E-state index in [0.717, 1.165) is 28.0 Å². The minimum absolute atomic E-state index is 0.0207. The highest BCUT2D eigenvalue weighted by atomic mass is 32.1. The third-order valence-corrected chi connectivity index (χ3v) is 6.01. The van der Waals surface area contributed by atoms with Gasteiger partial charge in [-0.05, 0) is 74.4 Å². The number of pyridine rings is 2. The van der Waals surface area contributed by atoms with Crippen LogP contribution in [0.5, 0.6) is 0 Å². The number of methoxy groups -OCH3 is 1. The molecule has 30 heavy (non-hydrogen) atoms. The zero-order valence-corrected chi connectivity index (χ0v) is 18.6. The first-order valence-corrected chi connectivity index (χ1v) is 10.5. The van der Waals surface area contributed by atoms with Gasteiger partial charge in [0.2, 0.25) is 0 Å². The molecule has 3 aromatic rings. The molecular weight excluding hydrogens is 394 g/mol. The zero-order valence-electron chi connectivity index (χ0n) is 17.8. The van der Waals surface area contributed by atoms with E-state index in [1.807, 2.05) is 36.7 Å². The van der Waals surface area contributed by atoms with Crippen LogP contribution in [0.3, 0.4) is 0 Å². The summed E-state index contributed by atoms with van der Waals surface area (Å²) in [4.78, 5) is 11.4. The second-order valence-corrected chi connectivity index (χ2v) is 8.05. The Balaban J connectivity index is 1.82. The second-order valence-electron chi connectivity index (χ2n) is 7.67. The zero-order chi connectivity index (χ0) is 21.3. The van der Waals surface area contributed by atoms with Gasteiger partial charge in [-0.25, -0.2) is 4.98 Å². The largest absolute Gasteiger partial charge is 0.383 e. The van der Waals surface area contributed by atoms with Crippen molar-refractivity contribution < 1.29 is 4.74 Å². The van der Waals surface area contributed by atoms with E-state index < -0.39 is 0 Å². The van der Waals surface area contributed by atoms with Gasteiger partial charge in [0.05, 0.1) is 24.4 Å². The van der Waals surface area contributed by atoms with E-state index in [-0.39, 0.29) is 12.1 Å². The van der Waals surface area contributed by atoms with Crippen molar-refractivity contribution in [2.75, 3.05) is 20.3 Å². The molecule has 1 aliphatic rings. The molecule has 4 rings (SSSR count). The first-order valence-electron chi connectivity index (χ1n) is 10.1. The third kappa shape index (κ3) is 3.70. The molecule has 1 saturated heterocycles. The summed E-state index contributed by atoms with van der Waals surface area (Å²) in [6.45, 7) is 7.67. The molecular formula is C23H27N5OS. The molecule has 0 bridgehead atoms. The van der Waals surface area contributed by atoms with E-state index in [1.165, 1.54) is 11.1 Å². The second kappa shape index (κ2) is 8.53. The normalized spacial score (nSPS) is 18.7. The summed E-state index contributed by atoms with van der Waals surface area (Å²) in [7, 11) is 1.72. The smallest absolute Gasteiger partial charge is 0.170 e. The third-order valence-electron chi connectivity index (χ3n) is 5.65. The Morgan fingerprint density at radius 2 is 1.93 bits per heavy atom. The van der Waals surface area contributed by atoms with Crippen LogP contribution < -0.4 is 5.32 Å². The van der Waals surface area contributed by atoms with Gasteiger partial charge in [-0.3, -0.25) is 4.98 Å². The van der Waals surface area contributed by atoms with Crippen LogP contribution >= 0.6 is 12.2 Å². The lowest BCUT2D eigenvalue weighted by atomic mass is 9.97. The van der Waals surface area contributed by atoms with E-state index in [2.05, 4.69) is 57.7 Å². The maximum atomic E-state index is 5.71. The predicted octanol–water partition coefficient (Wildman–Crippen LogP) is 3.81. The van der Waals surface area contributed by atoms with Crippen molar-refractivity contribution in [3.8, 4) is 5.82 Å². The first-order chi connectivity index (χ1) is 14.5. The summed E-state index contributed by atoms with van der Waals surface area (Å²) in [6.07, 6.45) is 3.69. The van der Waals surface area contributed by atoms with E-state index in [0.29, 0.717) is 13.2 Å². The van der Waals surface area contributed by atoms with E-state index in [9.17, 15) is 0 Å². The molecule has 3 aromatic heterocycles. The molecule has 0 aliphatic carbocycles. The molecule has 1 N–H and O–H groups in total. The van der Waals surface area contributed by atoms with E-state index in [4.69, 9.17) is 17.0 Å². The summed E-state index contributed by atoms with van der Waals surface area (Å²) in [5.41, 5.74) is 5.68. The maximum Gasteiger partial charge on any atom is 0.170 e. The van der Waals surface area contributed by atoms with Gasteiger partial charge in [0.25, 0.3) is 0 Å². The van der Waals surface area contributed by atoms with Gasteiger partial charge in [-0.15, -0.1) is 0 Å². The van der Waals surface area contributed by atoms with Crippen molar-refractivity contribution in [2.24, 2.45) is 0 Å². The highest BCUT2D eigenvalue weighted by Crippen LogP contribution is 2.41. The summed E-state index contributed by atoms with van der Waals surface area (Å²) >= 11 is 5.71. The van der Waals surface area contributed by atoms with Gasteiger partial charge in [0.1, 0.15) is 5.82 Å². The molecule has 156 valence electrons. The molecule has 0 spiro atoms. The van der Waals surface area contributed by atoms with Gasteiger partial charge in [0.15, 0.2) is 5.11 Å². The molecule has 0 radical (unpaired) electrons. The number of aromatic nitrogens is 3. The number of nitrogens with zero attached hydrogens (tertiary/aromatic N) is 4. The fraction of sp³-hybridized carbons (Fsp3) is 0.348. The van der Waals surface area contributed by atoms with Gasteiger partial charge in [-0.1, -0.05) is 6.07 Å². The molecule has 7 heteroatoms. The Morgan fingerprint density at radius 3 is 2.63 bits per heavy atom. The average Bonchev–Trinajstić information content (AvgIpc) is 3.22. The SMILES string of the molecule is COCCN1C(=S)N[C@@H](c2ccccn2)[C@@H]1c1cc(C)n(-c2cc(C)ccn2)c1C. The first kappa shape index (κ1) is 20.5. The fourth-order valence-electron chi connectivity index (χ4n) is 4.26. The number of nitrogens with one attached hydrogen (secondary N) is 1. The molecule has 1 aliphatic heterocycles. The number of ether oxygens (including phenoxy) is 1. The number of rotatable bonds is 6. The van der Waals surface area contributed by atoms with Crippen LogP contribution in [-0.2, 0) is 4.74 Å². The summed E-state index contributed by atoms with van der Waals surface area (Å²) in [5, 5.41) is 4.22. The topological polar surface area (TPSA) is 55.2 Å². The van der Waals surface area contributed by atoms with Crippen molar-refractivity contribution >= 4 is 17.3 Å². The van der Waals surface area contributed by atoms with Crippen molar-refractivity contribution in [3.63, 3.8) is 0 Å². The molecule has 1 fully saturated rings. The number of aryl methyl sites for hydroxylation is 2. The summed E-state index contributed by atoms with van der Waals surface area (Å²) < 4.78 is 7.57. The van der Waals surface area contributed by atoms with Crippen LogP contribution in [0.25, 0.3) is 5.82 Å². The van der Waals surface area contributed by atoms with Crippen molar-refractivity contribution in [3.05, 3.63) is 77.0 Å². The standard InChI is InChI=1S/C23H27N5OS/c1-15-8-10-25-20(13-15)28-16(2)14-18(17(28)3)22-21(19-7-5-6-9-24-19)26-23(30)27(22)11-12-29-4/h5-10,13-14,21-22H,11-12H2,1-4H3,(H,26,30)/t21-,22-/m0/s1. The van der Waals surface area contributed by atoms with Crippen LogP contribution in [0.15, 0.2) is 48.8 Å². The summed E-state index contributed by atoms with van der Waals surface area (Å²) in [6, 6.07) is 12.4. The fourth-order valence-corrected chi connectivity index (χ4v) is 4.59. The van der Waals surface area contributed by atoms with E-state index in [1.54, 1.807) is 7.11 Å². The van der Waals surface area contributed by atoms with Crippen LogP contribution in [0, 0.1) is 20.8 Å².